The van der Waals surface area contributed by atoms with Crippen molar-refractivity contribution >= 4 is 17.6 Å². The topological polar surface area (TPSA) is 90.3 Å². The van der Waals surface area contributed by atoms with Gasteiger partial charge < -0.3 is 21.1 Å². The second-order valence-electron chi connectivity index (χ2n) is 3.86. The molecule has 2 heterocycles. The number of nitrogens with two attached hydrogens (primary N) is 2. The van der Waals surface area contributed by atoms with Crippen molar-refractivity contribution in [1.29, 1.82) is 0 Å². The number of hydrogen-bond acceptors (Lipinski definition) is 6. The fourth-order valence-corrected chi connectivity index (χ4v) is 1.81. The van der Waals surface area contributed by atoms with E-state index in [2.05, 4.69) is 21.8 Å². The fourth-order valence-electron chi connectivity index (χ4n) is 1.81. The normalized spacial score (nSPS) is 21.1. The number of aromatic nitrogens is 2. The Morgan fingerprint density at radius 2 is 2.31 bits per heavy atom. The monoisotopic (exact) mass is 223 g/mol. The molecular weight excluding hydrogens is 206 g/mol. The highest BCUT2D eigenvalue weighted by Crippen LogP contribution is 2.18. The highest BCUT2D eigenvalue weighted by atomic mass is 16.5. The van der Waals surface area contributed by atoms with Gasteiger partial charge in [0, 0.05) is 19.2 Å². The van der Waals surface area contributed by atoms with E-state index >= 15 is 0 Å². The Morgan fingerprint density at radius 3 is 3.00 bits per heavy atom. The van der Waals surface area contributed by atoms with Gasteiger partial charge in [-0.15, -0.1) is 0 Å². The van der Waals surface area contributed by atoms with Gasteiger partial charge in [-0.3, -0.25) is 0 Å². The summed E-state index contributed by atoms with van der Waals surface area (Å²) in [5.74, 6) is 1.41. The molecule has 0 radical (unpaired) electrons. The van der Waals surface area contributed by atoms with E-state index in [-0.39, 0.29) is 12.1 Å². The molecule has 16 heavy (non-hydrogen) atoms. The summed E-state index contributed by atoms with van der Waals surface area (Å²) in [5.41, 5.74) is 11.2. The average Bonchev–Trinajstić information content (AvgIpc) is 2.28. The van der Waals surface area contributed by atoms with Crippen LogP contribution in [0.5, 0.6) is 0 Å². The molecule has 4 N–H and O–H groups in total. The standard InChI is InChI=1S/C10H17N5O/c1-2-7-6-15(3-4-16-7)9-5-8(11)13-10(12)14-9/h5,7H,2-4,6H2,1H3,(H4,11,12,13,14). The van der Waals surface area contributed by atoms with Gasteiger partial charge in [0.15, 0.2) is 0 Å². The first kappa shape index (κ1) is 10.9. The van der Waals surface area contributed by atoms with E-state index < -0.39 is 0 Å². The molecular formula is C10H17N5O. The van der Waals surface area contributed by atoms with Crippen LogP contribution >= 0.6 is 0 Å². The summed E-state index contributed by atoms with van der Waals surface area (Å²) < 4.78 is 5.59. The summed E-state index contributed by atoms with van der Waals surface area (Å²) in [6.07, 6.45) is 1.25. The molecule has 1 aliphatic rings. The Balaban J connectivity index is 2.16. The van der Waals surface area contributed by atoms with E-state index in [0.717, 1.165) is 25.3 Å². The van der Waals surface area contributed by atoms with Crippen molar-refractivity contribution in [2.45, 2.75) is 19.4 Å². The first-order chi connectivity index (χ1) is 7.69. The van der Waals surface area contributed by atoms with Crippen LogP contribution in [0.25, 0.3) is 0 Å². The maximum atomic E-state index is 5.64. The Hall–Kier alpha value is -1.56. The minimum Gasteiger partial charge on any atom is -0.383 e. The van der Waals surface area contributed by atoms with Gasteiger partial charge in [0.25, 0.3) is 0 Å². The van der Waals surface area contributed by atoms with Crippen LogP contribution in [-0.2, 0) is 4.74 Å². The highest BCUT2D eigenvalue weighted by Gasteiger charge is 2.20. The number of nitrogen functional groups attached to an aromatic ring is 2. The predicted octanol–water partition coefficient (Wildman–Crippen LogP) is 0.256. The molecule has 88 valence electrons. The smallest absolute Gasteiger partial charge is 0.223 e. The number of ether oxygens (including phenoxy) is 1. The Kier molecular flexibility index (Phi) is 3.09. The Morgan fingerprint density at radius 1 is 1.50 bits per heavy atom. The summed E-state index contributed by atoms with van der Waals surface area (Å²) in [5, 5.41) is 0. The van der Waals surface area contributed by atoms with Crippen LogP contribution in [0, 0.1) is 0 Å². The van der Waals surface area contributed by atoms with Crippen molar-refractivity contribution in [3.63, 3.8) is 0 Å². The lowest BCUT2D eigenvalue weighted by Crippen LogP contribution is -2.42. The van der Waals surface area contributed by atoms with Crippen LogP contribution in [0.15, 0.2) is 6.07 Å². The van der Waals surface area contributed by atoms with E-state index in [9.17, 15) is 0 Å². The third kappa shape index (κ3) is 2.33. The summed E-state index contributed by atoms with van der Waals surface area (Å²) in [7, 11) is 0. The van der Waals surface area contributed by atoms with Gasteiger partial charge in [-0.2, -0.15) is 9.97 Å². The number of hydrogen-bond donors (Lipinski definition) is 2. The second kappa shape index (κ2) is 4.52. The highest BCUT2D eigenvalue weighted by molar-refractivity contribution is 5.50. The largest absolute Gasteiger partial charge is 0.383 e. The zero-order valence-electron chi connectivity index (χ0n) is 9.39. The molecule has 1 aliphatic heterocycles. The third-order valence-corrected chi connectivity index (χ3v) is 2.67. The van der Waals surface area contributed by atoms with Crippen LogP contribution in [0.4, 0.5) is 17.6 Å². The molecule has 1 aromatic rings. The molecule has 0 amide bonds. The first-order valence-electron chi connectivity index (χ1n) is 5.45. The van der Waals surface area contributed by atoms with E-state index in [1.165, 1.54) is 0 Å². The zero-order chi connectivity index (χ0) is 11.5. The fraction of sp³-hybridized carbons (Fsp3) is 0.600. The number of morpholine rings is 1. The van der Waals surface area contributed by atoms with Crippen molar-refractivity contribution < 1.29 is 4.74 Å². The first-order valence-corrected chi connectivity index (χ1v) is 5.45. The average molecular weight is 223 g/mol. The molecule has 1 saturated heterocycles. The van der Waals surface area contributed by atoms with E-state index in [4.69, 9.17) is 16.2 Å². The molecule has 6 nitrogen and oxygen atoms in total. The maximum absolute atomic E-state index is 5.64. The van der Waals surface area contributed by atoms with Crippen LogP contribution in [0.2, 0.25) is 0 Å². The lowest BCUT2D eigenvalue weighted by Gasteiger charge is -2.33. The number of nitrogens with zero attached hydrogens (tertiary/aromatic N) is 3. The lowest BCUT2D eigenvalue weighted by molar-refractivity contribution is 0.0382. The van der Waals surface area contributed by atoms with Crippen LogP contribution in [0.1, 0.15) is 13.3 Å². The molecule has 1 unspecified atom stereocenters. The zero-order valence-corrected chi connectivity index (χ0v) is 9.39. The van der Waals surface area contributed by atoms with Crippen LogP contribution in [-0.4, -0.2) is 35.8 Å². The van der Waals surface area contributed by atoms with Gasteiger partial charge >= 0.3 is 0 Å². The van der Waals surface area contributed by atoms with Gasteiger partial charge in [0.2, 0.25) is 5.95 Å². The quantitative estimate of drug-likeness (QED) is 0.747. The minimum atomic E-state index is 0.217. The van der Waals surface area contributed by atoms with Crippen molar-refractivity contribution in [3.8, 4) is 0 Å². The van der Waals surface area contributed by atoms with Crippen molar-refractivity contribution in [2.75, 3.05) is 36.1 Å². The number of anilines is 3. The van der Waals surface area contributed by atoms with Gasteiger partial charge in [-0.05, 0) is 6.42 Å². The van der Waals surface area contributed by atoms with E-state index in [1.807, 2.05) is 0 Å². The van der Waals surface area contributed by atoms with Crippen molar-refractivity contribution in [3.05, 3.63) is 6.07 Å². The second-order valence-corrected chi connectivity index (χ2v) is 3.86. The predicted molar refractivity (Wildman–Crippen MR) is 63.1 cm³/mol. The molecule has 0 aliphatic carbocycles. The van der Waals surface area contributed by atoms with Crippen LogP contribution in [0.3, 0.4) is 0 Å². The molecule has 0 bridgehead atoms. The SMILES string of the molecule is CCC1CN(c2cc(N)nc(N)n2)CCO1. The molecule has 1 fully saturated rings. The summed E-state index contributed by atoms with van der Waals surface area (Å²) in [4.78, 5) is 10.2. The van der Waals surface area contributed by atoms with Crippen LogP contribution < -0.4 is 16.4 Å². The van der Waals surface area contributed by atoms with Gasteiger partial charge in [0.1, 0.15) is 11.6 Å². The minimum absolute atomic E-state index is 0.217. The van der Waals surface area contributed by atoms with Crippen molar-refractivity contribution in [1.82, 2.24) is 9.97 Å². The summed E-state index contributed by atoms with van der Waals surface area (Å²) in [6.45, 7) is 4.46. The maximum Gasteiger partial charge on any atom is 0.223 e. The molecule has 6 heteroatoms. The molecule has 0 aromatic carbocycles. The van der Waals surface area contributed by atoms with E-state index in [0.29, 0.717) is 12.4 Å². The van der Waals surface area contributed by atoms with Gasteiger partial charge in [-0.1, -0.05) is 6.92 Å². The van der Waals surface area contributed by atoms with Gasteiger partial charge in [0.05, 0.1) is 12.7 Å². The Bertz CT molecular complexity index is 350. The third-order valence-electron chi connectivity index (χ3n) is 2.67. The van der Waals surface area contributed by atoms with Crippen molar-refractivity contribution in [2.24, 2.45) is 0 Å². The summed E-state index contributed by atoms with van der Waals surface area (Å²) >= 11 is 0. The lowest BCUT2D eigenvalue weighted by atomic mass is 10.2. The number of rotatable bonds is 2. The summed E-state index contributed by atoms with van der Waals surface area (Å²) in [6, 6.07) is 1.74. The Labute approximate surface area is 94.6 Å². The van der Waals surface area contributed by atoms with Gasteiger partial charge in [-0.25, -0.2) is 0 Å². The molecule has 2 rings (SSSR count). The molecule has 1 aromatic heterocycles. The molecule has 1 atom stereocenters. The molecule has 0 spiro atoms. The van der Waals surface area contributed by atoms with E-state index in [1.54, 1.807) is 6.07 Å². The molecule has 0 saturated carbocycles.